The van der Waals surface area contributed by atoms with E-state index in [-0.39, 0.29) is 25.4 Å². The average Bonchev–Trinajstić information content (AvgIpc) is 3.66. The second-order valence-electron chi connectivity index (χ2n) is 11.3. The van der Waals surface area contributed by atoms with Gasteiger partial charge in [-0.25, -0.2) is 18.7 Å². The van der Waals surface area contributed by atoms with E-state index in [1.165, 1.54) is 17.4 Å². The van der Waals surface area contributed by atoms with Gasteiger partial charge in [0.15, 0.2) is 0 Å². The molecule has 0 radical (unpaired) electrons. The van der Waals surface area contributed by atoms with Crippen LogP contribution in [0.5, 0.6) is 5.75 Å². The molecule has 2 atom stereocenters. The zero-order valence-electron chi connectivity index (χ0n) is 23.1. The molecule has 1 aromatic heterocycles. The number of anilines is 1. The molecule has 39 heavy (non-hydrogen) atoms. The smallest absolute Gasteiger partial charge is 0.227 e. The van der Waals surface area contributed by atoms with Crippen molar-refractivity contribution in [3.8, 4) is 5.75 Å². The van der Waals surface area contributed by atoms with Crippen LogP contribution in [0.15, 0.2) is 30.6 Å². The van der Waals surface area contributed by atoms with E-state index < -0.39 is 12.0 Å². The Balaban J connectivity index is 1.06. The lowest BCUT2D eigenvalue weighted by Crippen LogP contribution is -2.52. The molecular formula is C30H40F2N4O3. The Morgan fingerprint density at radius 2 is 1.90 bits per heavy atom. The molecule has 2 aliphatic heterocycles. The average molecular weight is 543 g/mol. The summed E-state index contributed by atoms with van der Waals surface area (Å²) in [5, 5.41) is 0. The van der Waals surface area contributed by atoms with Gasteiger partial charge in [0.1, 0.15) is 17.7 Å². The minimum absolute atomic E-state index is 0.0520. The van der Waals surface area contributed by atoms with Gasteiger partial charge < -0.3 is 19.3 Å². The van der Waals surface area contributed by atoms with E-state index in [4.69, 9.17) is 9.47 Å². The van der Waals surface area contributed by atoms with E-state index >= 15 is 0 Å². The third-order valence-corrected chi connectivity index (χ3v) is 8.94. The van der Waals surface area contributed by atoms with Crippen molar-refractivity contribution < 1.29 is 23.0 Å². The molecule has 1 aromatic carbocycles. The highest BCUT2D eigenvalue weighted by molar-refractivity contribution is 5.79. The number of nitrogens with zero attached hydrogens (tertiary/aromatic N) is 4. The van der Waals surface area contributed by atoms with Crippen LogP contribution in [0.25, 0.3) is 0 Å². The largest absolute Gasteiger partial charge is 0.493 e. The summed E-state index contributed by atoms with van der Waals surface area (Å²) in [7, 11) is 0. The summed E-state index contributed by atoms with van der Waals surface area (Å²) in [4.78, 5) is 25.0. The Labute approximate surface area is 229 Å². The van der Waals surface area contributed by atoms with Crippen LogP contribution in [0.3, 0.4) is 0 Å². The van der Waals surface area contributed by atoms with Gasteiger partial charge in [-0.05, 0) is 61.5 Å². The molecule has 2 unspecified atom stereocenters. The fourth-order valence-corrected chi connectivity index (χ4v) is 6.26. The molecule has 212 valence electrons. The number of amides is 1. The lowest BCUT2D eigenvalue weighted by molar-refractivity contribution is -0.137. The van der Waals surface area contributed by atoms with Gasteiger partial charge in [-0.15, -0.1) is 0 Å². The predicted molar refractivity (Wildman–Crippen MR) is 145 cm³/mol. The maximum Gasteiger partial charge on any atom is 0.227 e. The van der Waals surface area contributed by atoms with Crippen LogP contribution in [0, 0.1) is 23.1 Å². The maximum absolute atomic E-state index is 14.6. The van der Waals surface area contributed by atoms with Gasteiger partial charge in [-0.2, -0.15) is 0 Å². The molecule has 1 aliphatic carbocycles. The van der Waals surface area contributed by atoms with Crippen molar-refractivity contribution in [2.45, 2.75) is 65.2 Å². The van der Waals surface area contributed by atoms with Gasteiger partial charge in [-0.1, -0.05) is 19.4 Å². The molecule has 0 N–H and O–H groups in total. The summed E-state index contributed by atoms with van der Waals surface area (Å²) in [6.07, 6.45) is 8.32. The van der Waals surface area contributed by atoms with Crippen LogP contribution in [-0.4, -0.2) is 66.3 Å². The van der Waals surface area contributed by atoms with Gasteiger partial charge in [0.2, 0.25) is 11.9 Å². The first-order valence-corrected chi connectivity index (χ1v) is 14.4. The van der Waals surface area contributed by atoms with E-state index in [9.17, 15) is 13.6 Å². The topological polar surface area (TPSA) is 67.8 Å². The normalized spacial score (nSPS) is 23.5. The molecule has 3 heterocycles. The molecule has 9 heteroatoms. The third-order valence-electron chi connectivity index (χ3n) is 8.94. The van der Waals surface area contributed by atoms with Crippen LogP contribution in [-0.2, 0) is 22.6 Å². The van der Waals surface area contributed by atoms with Gasteiger partial charge in [-0.3, -0.25) is 4.79 Å². The zero-order chi connectivity index (χ0) is 27.4. The van der Waals surface area contributed by atoms with E-state index in [1.54, 1.807) is 12.1 Å². The summed E-state index contributed by atoms with van der Waals surface area (Å²) in [6, 6.07) is 4.69. The fraction of sp³-hybridized carbons (Fsp3) is 0.633. The third kappa shape index (κ3) is 6.51. The van der Waals surface area contributed by atoms with Gasteiger partial charge in [0, 0.05) is 43.7 Å². The number of carbonyl (C=O) groups excluding carboxylic acids is 1. The van der Waals surface area contributed by atoms with Crippen molar-refractivity contribution in [1.82, 2.24) is 14.9 Å². The Kier molecular flexibility index (Phi) is 8.64. The van der Waals surface area contributed by atoms with E-state index in [0.717, 1.165) is 50.3 Å². The van der Waals surface area contributed by atoms with Crippen LogP contribution in [0.2, 0.25) is 0 Å². The number of piperidine rings is 1. The number of rotatable bonds is 12. The number of likely N-dealkylation sites (tertiary alicyclic amines) is 1. The second kappa shape index (κ2) is 12.1. The fourth-order valence-electron chi connectivity index (χ4n) is 6.26. The summed E-state index contributed by atoms with van der Waals surface area (Å²) < 4.78 is 39.0. The van der Waals surface area contributed by atoms with Gasteiger partial charge >= 0.3 is 0 Å². The lowest BCUT2D eigenvalue weighted by Gasteiger charge is -2.34. The van der Waals surface area contributed by atoms with Crippen LogP contribution in [0.4, 0.5) is 14.7 Å². The number of halogens is 2. The van der Waals surface area contributed by atoms with Crippen molar-refractivity contribution in [2.24, 2.45) is 17.3 Å². The van der Waals surface area contributed by atoms with Gasteiger partial charge in [0.25, 0.3) is 0 Å². The molecule has 2 aromatic rings. The zero-order valence-corrected chi connectivity index (χ0v) is 23.1. The maximum atomic E-state index is 14.6. The summed E-state index contributed by atoms with van der Waals surface area (Å²) in [6.45, 7) is 8.19. The number of aromatic nitrogens is 2. The number of ether oxygens (including phenoxy) is 2. The Morgan fingerprint density at radius 1 is 1.15 bits per heavy atom. The number of carbonyl (C=O) groups is 1. The molecular weight excluding hydrogens is 502 g/mol. The van der Waals surface area contributed by atoms with Crippen LogP contribution in [0.1, 0.15) is 57.1 Å². The molecule has 3 aliphatic rings. The van der Waals surface area contributed by atoms with Crippen molar-refractivity contribution in [3.63, 3.8) is 0 Å². The highest BCUT2D eigenvalue weighted by atomic mass is 19.1. The van der Waals surface area contributed by atoms with Crippen LogP contribution >= 0.6 is 0 Å². The Morgan fingerprint density at radius 3 is 2.54 bits per heavy atom. The van der Waals surface area contributed by atoms with Crippen molar-refractivity contribution >= 4 is 11.9 Å². The SMILES string of the molecule is CCOCc1cnc(N2CCC(C3CC3(CC)CCOc3ccc(CC(=O)N4CC(F)C4)c(F)c3)CC2)nc1. The Bertz CT molecular complexity index is 1120. The summed E-state index contributed by atoms with van der Waals surface area (Å²) >= 11 is 0. The second-order valence-corrected chi connectivity index (χ2v) is 11.3. The first-order chi connectivity index (χ1) is 18.9. The quantitative estimate of drug-likeness (QED) is 0.377. The molecule has 0 spiro atoms. The minimum atomic E-state index is -0.955. The molecule has 5 rings (SSSR count). The first kappa shape index (κ1) is 27.7. The monoisotopic (exact) mass is 542 g/mol. The van der Waals surface area contributed by atoms with Crippen molar-refractivity contribution in [1.29, 1.82) is 0 Å². The highest BCUT2D eigenvalue weighted by Gasteiger charge is 2.55. The highest BCUT2D eigenvalue weighted by Crippen LogP contribution is 2.62. The van der Waals surface area contributed by atoms with E-state index in [0.29, 0.717) is 48.4 Å². The first-order valence-electron chi connectivity index (χ1n) is 14.4. The number of alkyl halides is 1. The number of hydrogen-bond acceptors (Lipinski definition) is 6. The Hall–Kier alpha value is -2.81. The number of hydrogen-bond donors (Lipinski definition) is 0. The summed E-state index contributed by atoms with van der Waals surface area (Å²) in [5.74, 6) is 2.00. The molecule has 2 saturated heterocycles. The molecule has 1 amide bonds. The minimum Gasteiger partial charge on any atom is -0.493 e. The molecule has 3 fully saturated rings. The standard InChI is InChI=1S/C30H40F2N4O3/c1-3-30(9-12-39-25-6-5-23(27(32)14-25)13-28(37)36-18-24(31)19-36)15-26(30)22-7-10-35(11-8-22)29-33-16-21(17-34-29)20-38-4-2/h5-6,14,16-17,22,24,26H,3-4,7-13,15,18-20H2,1-2H3. The molecule has 7 nitrogen and oxygen atoms in total. The van der Waals surface area contributed by atoms with E-state index in [2.05, 4.69) is 21.8 Å². The van der Waals surface area contributed by atoms with Crippen molar-refractivity contribution in [3.05, 3.63) is 47.5 Å². The lowest BCUT2D eigenvalue weighted by atomic mass is 9.85. The predicted octanol–water partition coefficient (Wildman–Crippen LogP) is 4.98. The number of benzene rings is 1. The van der Waals surface area contributed by atoms with Gasteiger partial charge in [0.05, 0.1) is 32.7 Å². The molecule has 0 bridgehead atoms. The summed E-state index contributed by atoms with van der Waals surface area (Å²) in [5.41, 5.74) is 1.62. The van der Waals surface area contributed by atoms with Crippen LogP contribution < -0.4 is 9.64 Å². The van der Waals surface area contributed by atoms with Crippen molar-refractivity contribution in [2.75, 3.05) is 44.3 Å². The molecule has 1 saturated carbocycles. The van der Waals surface area contributed by atoms with E-state index in [1.807, 2.05) is 19.3 Å².